The highest BCUT2D eigenvalue weighted by Crippen LogP contribution is 2.02. The number of rotatable bonds is 13. The number of hydrogen-bond acceptors (Lipinski definition) is 12. The molecule has 1 aromatic heterocycles. The number of aromatic nitrogens is 3. The highest BCUT2D eigenvalue weighted by molar-refractivity contribution is 7.81. The largest absolute Gasteiger partial charge is 0.464 e. The molecule has 1 aromatic rings. The molecule has 0 aliphatic rings. The number of carbonyl (C=O) groups excluding carboxylic acids is 3. The van der Waals surface area contributed by atoms with E-state index in [2.05, 4.69) is 37.9 Å². The molecule has 0 bridgehead atoms. The van der Waals surface area contributed by atoms with Crippen LogP contribution < -0.4 is 21.9 Å². The molecule has 34 heavy (non-hydrogen) atoms. The second kappa shape index (κ2) is 14.3. The predicted molar refractivity (Wildman–Crippen MR) is 132 cm³/mol. The summed E-state index contributed by atoms with van der Waals surface area (Å²) in [5, 5.41) is -0.925. The molecule has 3 atom stereocenters. The van der Waals surface area contributed by atoms with E-state index in [1.54, 1.807) is 20.8 Å². The first-order valence-corrected chi connectivity index (χ1v) is 11.9. The Morgan fingerprint density at radius 3 is 1.38 bits per heavy atom. The number of carbonyl (C=O) groups is 3. The summed E-state index contributed by atoms with van der Waals surface area (Å²) in [5.41, 5.74) is -3.51. The number of esters is 2. The van der Waals surface area contributed by atoms with E-state index in [1.807, 2.05) is 0 Å². The summed E-state index contributed by atoms with van der Waals surface area (Å²) in [6.45, 7) is 3.43. The molecule has 0 radical (unpaired) electrons. The number of ether oxygens (including phenoxy) is 2. The third-order valence-corrected chi connectivity index (χ3v) is 4.55. The van der Waals surface area contributed by atoms with Gasteiger partial charge >= 0.3 is 35.0 Å². The molecular weight excluding hydrogens is 510 g/mol. The van der Waals surface area contributed by atoms with Gasteiger partial charge in [-0.2, -0.15) is 37.9 Å². The summed E-state index contributed by atoms with van der Waals surface area (Å²) in [6.07, 6.45) is -0.192. The minimum Gasteiger partial charge on any atom is -0.464 e. The van der Waals surface area contributed by atoms with E-state index in [1.165, 1.54) is 0 Å². The molecule has 1 rings (SSSR count). The van der Waals surface area contributed by atoms with Crippen LogP contribution >= 0.6 is 37.9 Å². The summed E-state index contributed by atoms with van der Waals surface area (Å²) < 4.78 is 11.3. The molecule has 3 unspecified atom stereocenters. The van der Waals surface area contributed by atoms with E-state index in [-0.39, 0.29) is 47.7 Å². The molecule has 1 heterocycles. The third-order valence-electron chi connectivity index (χ3n) is 4.01. The Bertz CT molecular complexity index is 978. The highest BCUT2D eigenvalue weighted by Gasteiger charge is 2.20. The van der Waals surface area contributed by atoms with Crippen molar-refractivity contribution in [2.75, 3.05) is 13.2 Å². The molecule has 0 amide bonds. The molecule has 12 nitrogen and oxygen atoms in total. The average molecular weight is 540 g/mol. The van der Waals surface area contributed by atoms with Crippen LogP contribution in [0.4, 0.5) is 0 Å². The molecular formula is C19H29N3O9S3. The molecule has 0 aromatic carbocycles. The van der Waals surface area contributed by atoms with Gasteiger partial charge in [0.25, 0.3) is 0 Å². The van der Waals surface area contributed by atoms with Crippen LogP contribution in [0.5, 0.6) is 0 Å². The lowest BCUT2D eigenvalue weighted by atomic mass is 10.3. The minimum absolute atomic E-state index is 0.0114. The van der Waals surface area contributed by atoms with Crippen molar-refractivity contribution in [1.29, 1.82) is 0 Å². The quantitative estimate of drug-likeness (QED) is 0.220. The van der Waals surface area contributed by atoms with E-state index in [4.69, 9.17) is 14.3 Å². The van der Waals surface area contributed by atoms with Crippen LogP contribution in [0.2, 0.25) is 0 Å². The fraction of sp³-hybridized carbons (Fsp3) is 0.684. The van der Waals surface area contributed by atoms with Crippen molar-refractivity contribution in [3.05, 3.63) is 31.5 Å². The SMILES string of the molecule is CC(S)CC(=O)OCCn1c(=O)n(CCOC(=O)CC(C)S)c(=O)n(OC(=O)CC(C)S)c1=O. The minimum atomic E-state index is -1.23. The number of thiol groups is 3. The van der Waals surface area contributed by atoms with Gasteiger partial charge in [-0.25, -0.2) is 28.3 Å². The van der Waals surface area contributed by atoms with Gasteiger partial charge in [0, 0.05) is 15.7 Å². The van der Waals surface area contributed by atoms with Gasteiger partial charge in [0.05, 0.1) is 32.4 Å². The summed E-state index contributed by atoms with van der Waals surface area (Å²) in [6, 6.07) is 0. The second-order valence-corrected chi connectivity index (χ2v) is 10.2. The van der Waals surface area contributed by atoms with E-state index in [0.29, 0.717) is 9.13 Å². The predicted octanol–water partition coefficient (Wildman–Crippen LogP) is -0.661. The van der Waals surface area contributed by atoms with Crippen LogP contribution in [0.15, 0.2) is 14.4 Å². The Morgan fingerprint density at radius 2 is 1.03 bits per heavy atom. The van der Waals surface area contributed by atoms with Crippen molar-refractivity contribution in [3.8, 4) is 0 Å². The summed E-state index contributed by atoms with van der Waals surface area (Å²) in [7, 11) is 0. The van der Waals surface area contributed by atoms with Gasteiger partial charge in [0.15, 0.2) is 0 Å². The molecule has 0 aliphatic carbocycles. The maximum Gasteiger partial charge on any atom is 0.370 e. The van der Waals surface area contributed by atoms with Gasteiger partial charge in [-0.15, -0.1) is 0 Å². The van der Waals surface area contributed by atoms with Crippen LogP contribution in [0, 0.1) is 0 Å². The fourth-order valence-electron chi connectivity index (χ4n) is 2.55. The van der Waals surface area contributed by atoms with Crippen LogP contribution in [-0.2, 0) is 36.9 Å². The van der Waals surface area contributed by atoms with Crippen molar-refractivity contribution < 1.29 is 28.7 Å². The fourth-order valence-corrected chi connectivity index (χ4v) is 3.00. The van der Waals surface area contributed by atoms with Gasteiger partial charge < -0.3 is 14.3 Å². The Balaban J connectivity index is 3.21. The average Bonchev–Trinajstić information content (AvgIpc) is 2.68. The zero-order valence-electron chi connectivity index (χ0n) is 19.0. The van der Waals surface area contributed by atoms with E-state index < -0.39 is 53.3 Å². The van der Waals surface area contributed by atoms with Gasteiger partial charge in [0.2, 0.25) is 0 Å². The smallest absolute Gasteiger partial charge is 0.370 e. The van der Waals surface area contributed by atoms with E-state index >= 15 is 0 Å². The summed E-state index contributed by atoms with van der Waals surface area (Å²) >= 11 is 12.2. The molecule has 0 aliphatic heterocycles. The molecule has 0 fully saturated rings. The van der Waals surface area contributed by atoms with E-state index in [0.717, 1.165) is 0 Å². The Labute approximate surface area is 211 Å². The third kappa shape index (κ3) is 10.0. The Kier molecular flexibility index (Phi) is 12.6. The van der Waals surface area contributed by atoms with Crippen molar-refractivity contribution in [1.82, 2.24) is 13.9 Å². The lowest BCUT2D eigenvalue weighted by Crippen LogP contribution is -2.57. The maximum absolute atomic E-state index is 12.8. The zero-order valence-corrected chi connectivity index (χ0v) is 21.7. The van der Waals surface area contributed by atoms with E-state index in [9.17, 15) is 28.8 Å². The van der Waals surface area contributed by atoms with Crippen molar-refractivity contribution in [2.45, 2.75) is 68.9 Å². The standard InChI is InChI=1S/C19H29N3O9S3/c1-11(32)8-14(23)29-6-4-20-17(26)21(5-7-30-15(24)9-12(2)33)19(28)22(18(20)27)31-16(25)10-13(3)34/h11-13,32-34H,4-10H2,1-3H3. The summed E-state index contributed by atoms with van der Waals surface area (Å²) in [5.74, 6) is -2.12. The van der Waals surface area contributed by atoms with Crippen molar-refractivity contribution in [2.24, 2.45) is 0 Å². The molecule has 15 heteroatoms. The summed E-state index contributed by atoms with van der Waals surface area (Å²) in [4.78, 5) is 78.5. The molecule has 0 N–H and O–H groups in total. The lowest BCUT2D eigenvalue weighted by molar-refractivity contribution is -0.145. The van der Waals surface area contributed by atoms with Gasteiger partial charge in [-0.1, -0.05) is 25.5 Å². The number of nitrogens with zero attached hydrogens (tertiary/aromatic N) is 3. The van der Waals surface area contributed by atoms with Gasteiger partial charge in [0.1, 0.15) is 13.2 Å². The zero-order chi connectivity index (χ0) is 26.0. The van der Waals surface area contributed by atoms with Gasteiger partial charge in [-0.05, 0) is 0 Å². The van der Waals surface area contributed by atoms with Crippen LogP contribution in [-0.4, -0.2) is 60.7 Å². The molecule has 0 saturated heterocycles. The highest BCUT2D eigenvalue weighted by atomic mass is 32.1. The Morgan fingerprint density at radius 1 is 0.676 bits per heavy atom. The van der Waals surface area contributed by atoms with Crippen molar-refractivity contribution in [3.63, 3.8) is 0 Å². The topological polar surface area (TPSA) is 145 Å². The maximum atomic E-state index is 12.8. The first kappa shape index (κ1) is 29.9. The first-order valence-electron chi connectivity index (χ1n) is 10.4. The first-order chi connectivity index (χ1) is 15.8. The monoisotopic (exact) mass is 539 g/mol. The molecule has 192 valence electrons. The second-order valence-electron chi connectivity index (χ2n) is 7.51. The van der Waals surface area contributed by atoms with Crippen LogP contribution in [0.25, 0.3) is 0 Å². The molecule has 0 spiro atoms. The van der Waals surface area contributed by atoms with Crippen LogP contribution in [0.1, 0.15) is 40.0 Å². The lowest BCUT2D eigenvalue weighted by Gasteiger charge is -2.14. The van der Waals surface area contributed by atoms with Crippen molar-refractivity contribution >= 4 is 55.8 Å². The van der Waals surface area contributed by atoms with Gasteiger partial charge in [-0.3, -0.25) is 9.59 Å². The molecule has 0 saturated carbocycles. The Hall–Kier alpha value is -2.13. The van der Waals surface area contributed by atoms with Crippen LogP contribution in [0.3, 0.4) is 0 Å². The normalized spacial score (nSPS) is 13.6. The number of hydrogen-bond donors (Lipinski definition) is 3.